The molecular formula is C15H11NO5. The highest BCUT2D eigenvalue weighted by molar-refractivity contribution is 5.98. The van der Waals surface area contributed by atoms with E-state index in [1.54, 1.807) is 30.3 Å². The van der Waals surface area contributed by atoms with Crippen LogP contribution in [0.25, 0.3) is 0 Å². The second kappa shape index (κ2) is 6.33. The number of hydrogen-bond donors (Lipinski definition) is 2. The van der Waals surface area contributed by atoms with Gasteiger partial charge in [0, 0.05) is 5.56 Å². The maximum absolute atomic E-state index is 11.0. The van der Waals surface area contributed by atoms with Gasteiger partial charge in [-0.25, -0.2) is 9.59 Å². The van der Waals surface area contributed by atoms with Gasteiger partial charge in [0.25, 0.3) is 0 Å². The summed E-state index contributed by atoms with van der Waals surface area (Å²) in [6, 6.07) is 12.3. The summed E-state index contributed by atoms with van der Waals surface area (Å²) in [5, 5.41) is 21.7. The van der Waals surface area contributed by atoms with Crippen molar-refractivity contribution in [3.05, 3.63) is 65.2 Å². The van der Waals surface area contributed by atoms with Crippen LogP contribution < -0.4 is 4.84 Å². The summed E-state index contributed by atoms with van der Waals surface area (Å²) in [6.07, 6.45) is 1.22. The molecule has 0 fully saturated rings. The number of aromatic carboxylic acids is 2. The third kappa shape index (κ3) is 3.44. The van der Waals surface area contributed by atoms with Gasteiger partial charge in [0.05, 0.1) is 11.8 Å². The minimum atomic E-state index is -1.13. The number of carboxylic acid groups (broad SMARTS) is 2. The number of carboxylic acids is 2. The van der Waals surface area contributed by atoms with Gasteiger partial charge in [0.1, 0.15) is 5.56 Å². The molecule has 0 saturated heterocycles. The van der Waals surface area contributed by atoms with Gasteiger partial charge in [0.15, 0.2) is 5.75 Å². The topological polar surface area (TPSA) is 96.2 Å². The molecule has 0 amide bonds. The summed E-state index contributed by atoms with van der Waals surface area (Å²) in [5.41, 5.74) is 0.412. The van der Waals surface area contributed by atoms with Crippen molar-refractivity contribution in [2.45, 2.75) is 0 Å². The zero-order valence-corrected chi connectivity index (χ0v) is 10.8. The molecule has 2 aromatic carbocycles. The van der Waals surface area contributed by atoms with Gasteiger partial charge >= 0.3 is 11.9 Å². The highest BCUT2D eigenvalue weighted by Gasteiger charge is 2.10. The number of rotatable bonds is 5. The minimum Gasteiger partial charge on any atom is -0.478 e. The Labute approximate surface area is 119 Å². The van der Waals surface area contributed by atoms with Gasteiger partial charge in [-0.05, 0) is 18.2 Å². The summed E-state index contributed by atoms with van der Waals surface area (Å²) in [5.74, 6) is -2.14. The van der Waals surface area contributed by atoms with Crippen molar-refractivity contribution in [1.29, 1.82) is 0 Å². The molecule has 0 radical (unpaired) electrons. The van der Waals surface area contributed by atoms with E-state index in [1.165, 1.54) is 24.4 Å². The van der Waals surface area contributed by atoms with Crippen LogP contribution >= 0.6 is 0 Å². The molecule has 0 aliphatic carbocycles. The van der Waals surface area contributed by atoms with Crippen LogP contribution in [0.4, 0.5) is 0 Å². The normalized spacial score (nSPS) is 10.5. The van der Waals surface area contributed by atoms with Crippen LogP contribution in [0.3, 0.4) is 0 Å². The Morgan fingerprint density at radius 2 is 1.48 bits per heavy atom. The Bertz CT molecular complexity index is 709. The van der Waals surface area contributed by atoms with Crippen molar-refractivity contribution in [2.24, 2.45) is 5.16 Å². The van der Waals surface area contributed by atoms with E-state index < -0.39 is 11.9 Å². The number of para-hydroxylation sites is 1. The molecule has 0 aliphatic heterocycles. The van der Waals surface area contributed by atoms with Gasteiger partial charge in [-0.2, -0.15) is 0 Å². The van der Waals surface area contributed by atoms with Crippen molar-refractivity contribution < 1.29 is 24.6 Å². The predicted octanol–water partition coefficient (Wildman–Crippen LogP) is 2.50. The zero-order chi connectivity index (χ0) is 15.2. The molecule has 2 rings (SSSR count). The van der Waals surface area contributed by atoms with Crippen molar-refractivity contribution in [2.75, 3.05) is 0 Å². The Balaban J connectivity index is 2.21. The van der Waals surface area contributed by atoms with E-state index in [2.05, 4.69) is 5.16 Å². The Hall–Kier alpha value is -3.15. The smallest absolute Gasteiger partial charge is 0.339 e. The van der Waals surface area contributed by atoms with Gasteiger partial charge in [-0.15, -0.1) is 0 Å². The van der Waals surface area contributed by atoms with Crippen LogP contribution in [0.2, 0.25) is 0 Å². The van der Waals surface area contributed by atoms with Crippen LogP contribution in [0, 0.1) is 0 Å². The Morgan fingerprint density at radius 1 is 0.905 bits per heavy atom. The molecule has 21 heavy (non-hydrogen) atoms. The summed E-state index contributed by atoms with van der Waals surface area (Å²) in [4.78, 5) is 27.0. The van der Waals surface area contributed by atoms with E-state index in [0.717, 1.165) is 0 Å². The first-order valence-corrected chi connectivity index (χ1v) is 5.94. The Morgan fingerprint density at radius 3 is 2.14 bits per heavy atom. The molecule has 0 atom stereocenters. The molecule has 0 aromatic heterocycles. The van der Waals surface area contributed by atoms with Crippen molar-refractivity contribution in [3.8, 4) is 5.75 Å². The molecule has 2 N–H and O–H groups in total. The molecule has 106 valence electrons. The van der Waals surface area contributed by atoms with E-state index >= 15 is 0 Å². The average molecular weight is 285 g/mol. The highest BCUT2D eigenvalue weighted by atomic mass is 16.6. The van der Waals surface area contributed by atoms with Gasteiger partial charge in [-0.1, -0.05) is 35.5 Å². The second-order valence-corrected chi connectivity index (χ2v) is 4.02. The van der Waals surface area contributed by atoms with Crippen molar-refractivity contribution in [1.82, 2.24) is 0 Å². The maximum atomic E-state index is 11.0. The summed E-state index contributed by atoms with van der Waals surface area (Å²) in [7, 11) is 0. The quantitative estimate of drug-likeness (QED) is 0.650. The van der Waals surface area contributed by atoms with Crippen LogP contribution in [-0.4, -0.2) is 28.4 Å². The zero-order valence-electron chi connectivity index (χ0n) is 10.8. The van der Waals surface area contributed by atoms with E-state index in [0.29, 0.717) is 5.56 Å². The summed E-state index contributed by atoms with van der Waals surface area (Å²) >= 11 is 0. The molecule has 0 spiro atoms. The number of carbonyl (C=O) groups is 2. The average Bonchev–Trinajstić information content (AvgIpc) is 2.48. The summed E-state index contributed by atoms with van der Waals surface area (Å²) < 4.78 is 0. The number of oxime groups is 1. The van der Waals surface area contributed by atoms with Crippen LogP contribution in [0.15, 0.2) is 53.7 Å². The number of hydrogen-bond acceptors (Lipinski definition) is 4. The third-order valence-electron chi connectivity index (χ3n) is 2.65. The number of nitrogens with zero attached hydrogens (tertiary/aromatic N) is 1. The maximum Gasteiger partial charge on any atom is 0.339 e. The fourth-order valence-corrected chi connectivity index (χ4v) is 1.67. The summed E-state index contributed by atoms with van der Waals surface area (Å²) in [6.45, 7) is 0. The molecule has 0 bridgehead atoms. The molecule has 0 aliphatic rings. The van der Waals surface area contributed by atoms with Crippen LogP contribution in [0.1, 0.15) is 26.3 Å². The van der Waals surface area contributed by atoms with E-state index in [1.807, 2.05) is 0 Å². The number of benzene rings is 2. The largest absolute Gasteiger partial charge is 0.478 e. The minimum absolute atomic E-state index is 0.0267. The van der Waals surface area contributed by atoms with Crippen molar-refractivity contribution in [3.63, 3.8) is 0 Å². The van der Waals surface area contributed by atoms with Gasteiger partial charge in [0.2, 0.25) is 0 Å². The first-order valence-electron chi connectivity index (χ1n) is 5.94. The molecule has 0 saturated carbocycles. The molecule has 6 heteroatoms. The lowest BCUT2D eigenvalue weighted by Crippen LogP contribution is -2.02. The standard InChI is InChI=1S/C15H11NO5/c17-14(18)11-6-2-1-5-10(11)9-16-21-13-8-4-3-7-12(13)15(19)20/h1-9H,(H,17,18)(H,19,20)/b16-9+. The van der Waals surface area contributed by atoms with Crippen molar-refractivity contribution >= 4 is 18.2 Å². The molecule has 2 aromatic rings. The Kier molecular flexibility index (Phi) is 4.30. The van der Waals surface area contributed by atoms with E-state index in [4.69, 9.17) is 15.1 Å². The first kappa shape index (κ1) is 14.3. The van der Waals surface area contributed by atoms with Gasteiger partial charge in [-0.3, -0.25) is 0 Å². The lowest BCUT2D eigenvalue weighted by Gasteiger charge is -2.03. The fourth-order valence-electron chi connectivity index (χ4n) is 1.67. The predicted molar refractivity (Wildman–Crippen MR) is 75.0 cm³/mol. The SMILES string of the molecule is O=C(O)c1ccccc1/C=N/Oc1ccccc1C(=O)O. The van der Waals surface area contributed by atoms with Crippen LogP contribution in [0.5, 0.6) is 5.75 Å². The van der Waals surface area contributed by atoms with E-state index in [9.17, 15) is 9.59 Å². The van der Waals surface area contributed by atoms with E-state index in [-0.39, 0.29) is 16.9 Å². The lowest BCUT2D eigenvalue weighted by atomic mass is 10.1. The van der Waals surface area contributed by atoms with Gasteiger partial charge < -0.3 is 15.1 Å². The molecule has 6 nitrogen and oxygen atoms in total. The highest BCUT2D eigenvalue weighted by Crippen LogP contribution is 2.18. The third-order valence-corrected chi connectivity index (χ3v) is 2.65. The monoisotopic (exact) mass is 285 g/mol. The lowest BCUT2D eigenvalue weighted by molar-refractivity contribution is 0.0683. The second-order valence-electron chi connectivity index (χ2n) is 4.02. The molecule has 0 heterocycles. The molecular weight excluding hydrogens is 274 g/mol. The van der Waals surface area contributed by atoms with Crippen LogP contribution in [-0.2, 0) is 0 Å². The molecule has 0 unspecified atom stereocenters. The fraction of sp³-hybridized carbons (Fsp3) is 0. The first-order chi connectivity index (χ1) is 10.1.